The minimum atomic E-state index is -1.04. The number of carbonyl (C=O) groups is 1. The predicted molar refractivity (Wildman–Crippen MR) is 66.4 cm³/mol. The normalized spacial score (nSPS) is 12.7. The van der Waals surface area contributed by atoms with Crippen LogP contribution in [0.5, 0.6) is 5.75 Å². The van der Waals surface area contributed by atoms with Crippen molar-refractivity contribution >= 4 is 17.6 Å². The molecule has 1 aromatic rings. The second-order valence-electron chi connectivity index (χ2n) is 3.57. The first-order chi connectivity index (χ1) is 7.95. The van der Waals surface area contributed by atoms with Crippen LogP contribution in [-0.4, -0.2) is 18.2 Å². The maximum atomic E-state index is 10.4. The third-order valence-electron chi connectivity index (χ3n) is 2.32. The lowest BCUT2D eigenvalue weighted by Crippen LogP contribution is -2.09. The molecule has 0 aromatic heterocycles. The lowest BCUT2D eigenvalue weighted by molar-refractivity contribution is -0.131. The van der Waals surface area contributed by atoms with E-state index in [-0.39, 0.29) is 0 Å². The standard InChI is InChI=1S/C12H14ClNO3/c1-7-5-11(17-2)8(6-9(7)13)10(14)3-4-12(15)16/h3-6,10H,14H2,1-2H3,(H,15,16)/b4-3+. The SMILES string of the molecule is COc1cc(C)c(Cl)cc1C(N)/C=C/C(=O)O. The van der Waals surface area contributed by atoms with Crippen LogP contribution in [0.1, 0.15) is 17.2 Å². The molecule has 0 spiro atoms. The minimum Gasteiger partial charge on any atom is -0.496 e. The number of carboxylic acid groups (broad SMARTS) is 1. The van der Waals surface area contributed by atoms with E-state index in [0.717, 1.165) is 11.6 Å². The third-order valence-corrected chi connectivity index (χ3v) is 2.72. The van der Waals surface area contributed by atoms with Crippen LogP contribution in [0, 0.1) is 6.92 Å². The molecule has 0 amide bonds. The molecule has 0 fully saturated rings. The first-order valence-corrected chi connectivity index (χ1v) is 5.34. The number of carboxylic acids is 1. The molecular formula is C12H14ClNO3. The number of methoxy groups -OCH3 is 1. The molecule has 92 valence electrons. The van der Waals surface area contributed by atoms with E-state index in [1.165, 1.54) is 13.2 Å². The molecule has 0 radical (unpaired) electrons. The second-order valence-corrected chi connectivity index (χ2v) is 3.97. The summed E-state index contributed by atoms with van der Waals surface area (Å²) < 4.78 is 5.19. The predicted octanol–water partition coefficient (Wildman–Crippen LogP) is 2.30. The molecule has 1 atom stereocenters. The summed E-state index contributed by atoms with van der Waals surface area (Å²) in [5.74, 6) is -0.452. The van der Waals surface area contributed by atoms with Gasteiger partial charge in [0, 0.05) is 16.7 Å². The van der Waals surface area contributed by atoms with Crippen LogP contribution in [0.3, 0.4) is 0 Å². The van der Waals surface area contributed by atoms with Crippen molar-refractivity contribution in [1.29, 1.82) is 0 Å². The minimum absolute atomic E-state index is 0.569. The van der Waals surface area contributed by atoms with Crippen molar-refractivity contribution < 1.29 is 14.6 Å². The summed E-state index contributed by atoms with van der Waals surface area (Å²) in [4.78, 5) is 10.4. The number of benzene rings is 1. The molecule has 0 saturated heterocycles. The van der Waals surface area contributed by atoms with Gasteiger partial charge < -0.3 is 15.6 Å². The lowest BCUT2D eigenvalue weighted by Gasteiger charge is -2.14. The number of ether oxygens (including phenoxy) is 1. The van der Waals surface area contributed by atoms with E-state index in [9.17, 15) is 4.79 Å². The maximum absolute atomic E-state index is 10.4. The highest BCUT2D eigenvalue weighted by Crippen LogP contribution is 2.30. The Hall–Kier alpha value is -1.52. The van der Waals surface area contributed by atoms with Gasteiger partial charge in [0.1, 0.15) is 5.75 Å². The molecule has 3 N–H and O–H groups in total. The fraction of sp³-hybridized carbons (Fsp3) is 0.250. The highest BCUT2D eigenvalue weighted by Gasteiger charge is 2.12. The topological polar surface area (TPSA) is 72.5 Å². The van der Waals surface area contributed by atoms with Crippen molar-refractivity contribution in [2.24, 2.45) is 5.73 Å². The van der Waals surface area contributed by atoms with Crippen molar-refractivity contribution in [2.75, 3.05) is 7.11 Å². The summed E-state index contributed by atoms with van der Waals surface area (Å²) in [6, 6.07) is 2.89. The van der Waals surface area contributed by atoms with Gasteiger partial charge >= 0.3 is 5.97 Å². The molecular weight excluding hydrogens is 242 g/mol. The Balaban J connectivity index is 3.11. The average molecular weight is 256 g/mol. The van der Waals surface area contributed by atoms with Crippen LogP contribution < -0.4 is 10.5 Å². The molecule has 0 heterocycles. The summed E-state index contributed by atoms with van der Waals surface area (Å²) in [5, 5.41) is 9.10. The van der Waals surface area contributed by atoms with Crippen LogP contribution >= 0.6 is 11.6 Å². The summed E-state index contributed by atoms with van der Waals surface area (Å²) in [6.45, 7) is 1.85. The fourth-order valence-electron chi connectivity index (χ4n) is 1.40. The van der Waals surface area contributed by atoms with E-state index in [1.54, 1.807) is 12.1 Å². The average Bonchev–Trinajstić information content (AvgIpc) is 2.28. The molecule has 0 aliphatic rings. The molecule has 0 aliphatic heterocycles. The Morgan fingerprint density at radius 3 is 2.76 bits per heavy atom. The van der Waals surface area contributed by atoms with Gasteiger partial charge in [-0.1, -0.05) is 17.7 Å². The van der Waals surface area contributed by atoms with Crippen LogP contribution in [0.25, 0.3) is 0 Å². The van der Waals surface area contributed by atoms with Crippen LogP contribution in [0.2, 0.25) is 5.02 Å². The van der Waals surface area contributed by atoms with E-state index >= 15 is 0 Å². The van der Waals surface area contributed by atoms with Crippen molar-refractivity contribution in [1.82, 2.24) is 0 Å². The molecule has 17 heavy (non-hydrogen) atoms. The molecule has 5 heteroatoms. The highest BCUT2D eigenvalue weighted by molar-refractivity contribution is 6.31. The summed E-state index contributed by atoms with van der Waals surface area (Å²) in [6.07, 6.45) is 2.38. The number of aryl methyl sites for hydroxylation is 1. The van der Waals surface area contributed by atoms with E-state index in [0.29, 0.717) is 16.3 Å². The highest BCUT2D eigenvalue weighted by atomic mass is 35.5. The lowest BCUT2D eigenvalue weighted by atomic mass is 10.0. The number of nitrogens with two attached hydrogens (primary N) is 1. The molecule has 1 unspecified atom stereocenters. The van der Waals surface area contributed by atoms with E-state index in [1.807, 2.05) is 6.92 Å². The van der Waals surface area contributed by atoms with Gasteiger partial charge in [0.25, 0.3) is 0 Å². The van der Waals surface area contributed by atoms with Crippen molar-refractivity contribution in [2.45, 2.75) is 13.0 Å². The molecule has 1 aromatic carbocycles. The second kappa shape index (κ2) is 5.70. The van der Waals surface area contributed by atoms with Gasteiger partial charge in [0.2, 0.25) is 0 Å². The van der Waals surface area contributed by atoms with Crippen LogP contribution in [0.15, 0.2) is 24.3 Å². The Bertz CT molecular complexity index is 457. The summed E-state index contributed by atoms with van der Waals surface area (Å²) in [5.41, 5.74) is 7.38. The van der Waals surface area contributed by atoms with Crippen LogP contribution in [0.4, 0.5) is 0 Å². The Kier molecular flexibility index (Phi) is 4.54. The van der Waals surface area contributed by atoms with Gasteiger partial charge in [-0.05, 0) is 24.6 Å². The Morgan fingerprint density at radius 2 is 2.24 bits per heavy atom. The Morgan fingerprint density at radius 1 is 1.59 bits per heavy atom. The smallest absolute Gasteiger partial charge is 0.328 e. The van der Waals surface area contributed by atoms with E-state index in [2.05, 4.69) is 0 Å². The third kappa shape index (κ3) is 3.47. The van der Waals surface area contributed by atoms with Gasteiger partial charge in [-0.25, -0.2) is 4.79 Å². The van der Waals surface area contributed by atoms with Gasteiger partial charge in [-0.3, -0.25) is 0 Å². The van der Waals surface area contributed by atoms with Gasteiger partial charge in [0.05, 0.1) is 13.2 Å². The van der Waals surface area contributed by atoms with Crippen molar-refractivity contribution in [3.05, 3.63) is 40.4 Å². The molecule has 0 bridgehead atoms. The van der Waals surface area contributed by atoms with Gasteiger partial charge in [-0.15, -0.1) is 0 Å². The fourth-order valence-corrected chi connectivity index (χ4v) is 1.57. The number of halogens is 1. The first-order valence-electron chi connectivity index (χ1n) is 4.96. The molecule has 4 nitrogen and oxygen atoms in total. The monoisotopic (exact) mass is 255 g/mol. The van der Waals surface area contributed by atoms with E-state index < -0.39 is 12.0 Å². The zero-order valence-corrected chi connectivity index (χ0v) is 10.4. The van der Waals surface area contributed by atoms with Gasteiger partial charge in [0.15, 0.2) is 0 Å². The number of rotatable bonds is 4. The largest absolute Gasteiger partial charge is 0.496 e. The van der Waals surface area contributed by atoms with E-state index in [4.69, 9.17) is 27.2 Å². The molecule has 0 aliphatic carbocycles. The number of aliphatic carboxylic acids is 1. The summed E-state index contributed by atoms with van der Waals surface area (Å²) >= 11 is 6.00. The van der Waals surface area contributed by atoms with Crippen LogP contribution in [-0.2, 0) is 4.79 Å². The quantitative estimate of drug-likeness (QED) is 0.810. The van der Waals surface area contributed by atoms with Crippen molar-refractivity contribution in [3.63, 3.8) is 0 Å². The van der Waals surface area contributed by atoms with Crippen molar-refractivity contribution in [3.8, 4) is 5.75 Å². The number of hydrogen-bond acceptors (Lipinski definition) is 3. The molecule has 1 rings (SSSR count). The summed E-state index contributed by atoms with van der Waals surface area (Å²) in [7, 11) is 1.53. The Labute approximate surface area is 105 Å². The maximum Gasteiger partial charge on any atom is 0.328 e. The van der Waals surface area contributed by atoms with Gasteiger partial charge in [-0.2, -0.15) is 0 Å². The zero-order valence-electron chi connectivity index (χ0n) is 9.61. The first kappa shape index (κ1) is 13.5. The zero-order chi connectivity index (χ0) is 13.0. The molecule has 0 saturated carbocycles. The number of hydrogen-bond donors (Lipinski definition) is 2.